The van der Waals surface area contributed by atoms with E-state index < -0.39 is 5.60 Å². The Balaban J connectivity index is 1.66. The van der Waals surface area contributed by atoms with Crippen LogP contribution in [0.1, 0.15) is 67.4 Å². The summed E-state index contributed by atoms with van der Waals surface area (Å²) >= 11 is 1.65. The highest BCUT2D eigenvalue weighted by Crippen LogP contribution is 2.45. The molecule has 1 N–H and O–H groups in total. The third kappa shape index (κ3) is 3.13. The minimum absolute atomic E-state index is 0.0587. The van der Waals surface area contributed by atoms with E-state index in [2.05, 4.69) is 24.1 Å². The molecule has 126 valence electrons. The van der Waals surface area contributed by atoms with E-state index in [4.69, 9.17) is 4.74 Å². The van der Waals surface area contributed by atoms with Crippen LogP contribution in [0, 0.1) is 12.8 Å². The minimum atomic E-state index is -0.535. The lowest BCUT2D eigenvalue weighted by molar-refractivity contribution is -0.149. The second kappa shape index (κ2) is 6.23. The van der Waals surface area contributed by atoms with Gasteiger partial charge in [-0.1, -0.05) is 13.8 Å². The van der Waals surface area contributed by atoms with Crippen molar-refractivity contribution in [2.75, 3.05) is 0 Å². The van der Waals surface area contributed by atoms with E-state index in [1.807, 2.05) is 6.92 Å². The predicted octanol–water partition coefficient (Wildman–Crippen LogP) is 3.07. The lowest BCUT2D eigenvalue weighted by Crippen LogP contribution is -2.42. The first kappa shape index (κ1) is 16.4. The lowest BCUT2D eigenvalue weighted by Gasteiger charge is -2.27. The molecule has 1 aliphatic heterocycles. The molecule has 2 heterocycles. The molecule has 1 amide bonds. The highest BCUT2D eigenvalue weighted by molar-refractivity contribution is 7.11. The van der Waals surface area contributed by atoms with E-state index in [0.717, 1.165) is 41.3 Å². The number of esters is 1. The van der Waals surface area contributed by atoms with Crippen LogP contribution < -0.4 is 5.32 Å². The minimum Gasteiger partial charge on any atom is -0.458 e. The molecule has 1 aromatic heterocycles. The number of hydrogen-bond acceptors (Lipinski definition) is 5. The van der Waals surface area contributed by atoms with Crippen LogP contribution in [0.5, 0.6) is 0 Å². The summed E-state index contributed by atoms with van der Waals surface area (Å²) in [5, 5.41) is 4.10. The van der Waals surface area contributed by atoms with Crippen molar-refractivity contribution in [2.45, 2.75) is 70.9 Å². The van der Waals surface area contributed by atoms with Gasteiger partial charge >= 0.3 is 5.97 Å². The second-order valence-corrected chi connectivity index (χ2v) is 8.05. The number of carbonyl (C=O) groups is 2. The fraction of sp³-hybridized carbons (Fsp3) is 0.706. The molecule has 23 heavy (non-hydrogen) atoms. The van der Waals surface area contributed by atoms with Crippen molar-refractivity contribution in [2.24, 2.45) is 5.92 Å². The zero-order chi connectivity index (χ0) is 16.6. The zero-order valence-electron chi connectivity index (χ0n) is 14.0. The molecule has 5 nitrogen and oxygen atoms in total. The predicted molar refractivity (Wildman–Crippen MR) is 88.2 cm³/mol. The number of amides is 1. The van der Waals surface area contributed by atoms with Gasteiger partial charge in [-0.25, -0.2) is 4.98 Å². The maximum absolute atomic E-state index is 12.6. The van der Waals surface area contributed by atoms with Crippen LogP contribution in [0.25, 0.3) is 0 Å². The highest BCUT2D eigenvalue weighted by Gasteiger charge is 2.53. The molecule has 2 aliphatic rings. The summed E-state index contributed by atoms with van der Waals surface area (Å²) in [5.74, 6) is -0.235. The molecule has 1 saturated carbocycles. The molecule has 6 heteroatoms. The maximum atomic E-state index is 12.6. The van der Waals surface area contributed by atoms with Crippen LogP contribution in [-0.4, -0.2) is 22.5 Å². The normalized spacial score (nSPS) is 22.8. The Kier molecular flexibility index (Phi) is 4.45. The van der Waals surface area contributed by atoms with Gasteiger partial charge in [0, 0.05) is 10.8 Å². The van der Waals surface area contributed by atoms with Crippen molar-refractivity contribution in [1.29, 1.82) is 0 Å². The van der Waals surface area contributed by atoms with Gasteiger partial charge in [-0.2, -0.15) is 0 Å². The Morgan fingerprint density at radius 3 is 2.74 bits per heavy atom. The van der Waals surface area contributed by atoms with Crippen molar-refractivity contribution in [3.05, 3.63) is 15.6 Å². The van der Waals surface area contributed by atoms with Crippen LogP contribution in [-0.2, 0) is 20.9 Å². The van der Waals surface area contributed by atoms with E-state index in [1.54, 1.807) is 11.3 Å². The van der Waals surface area contributed by atoms with E-state index in [1.165, 1.54) is 0 Å². The standard InChI is InChI=1S/C17H24N2O3S/c1-10(2)16-19-11(3)13(23-16)9-18-15(21)12-8-14(20)22-17(12)6-4-5-7-17/h10,12H,4-9H2,1-3H3,(H,18,21)/t12-/m1/s1. The number of thiazole rings is 1. The van der Waals surface area contributed by atoms with E-state index in [0.29, 0.717) is 12.5 Å². The molecule has 1 aliphatic carbocycles. The van der Waals surface area contributed by atoms with Gasteiger partial charge in [0.15, 0.2) is 0 Å². The average molecular weight is 336 g/mol. The quantitative estimate of drug-likeness (QED) is 0.858. The fourth-order valence-electron chi connectivity index (χ4n) is 3.60. The van der Waals surface area contributed by atoms with Gasteiger partial charge in [0.2, 0.25) is 5.91 Å². The first-order chi connectivity index (χ1) is 10.9. The summed E-state index contributed by atoms with van der Waals surface area (Å²) in [6.45, 7) is 6.69. The topological polar surface area (TPSA) is 68.3 Å². The van der Waals surface area contributed by atoms with E-state index >= 15 is 0 Å². The summed E-state index contributed by atoms with van der Waals surface area (Å²) in [6.07, 6.45) is 3.90. The number of nitrogens with one attached hydrogen (secondary N) is 1. The molecule has 1 saturated heterocycles. The molecular weight excluding hydrogens is 312 g/mol. The highest BCUT2D eigenvalue weighted by atomic mass is 32.1. The molecule has 0 aromatic carbocycles. The van der Waals surface area contributed by atoms with Crippen LogP contribution in [0.2, 0.25) is 0 Å². The Hall–Kier alpha value is -1.43. The average Bonchev–Trinajstić information content (AvgIpc) is 3.17. The Labute approximate surface area is 140 Å². The molecule has 2 fully saturated rings. The van der Waals surface area contributed by atoms with Gasteiger partial charge in [0.25, 0.3) is 0 Å². The van der Waals surface area contributed by atoms with Crippen molar-refractivity contribution >= 4 is 23.2 Å². The van der Waals surface area contributed by atoms with Crippen molar-refractivity contribution in [3.63, 3.8) is 0 Å². The SMILES string of the molecule is Cc1nc(C(C)C)sc1CNC(=O)[C@H]1CC(=O)OC12CCCC2. The van der Waals surface area contributed by atoms with Gasteiger partial charge < -0.3 is 10.1 Å². The summed E-state index contributed by atoms with van der Waals surface area (Å²) in [7, 11) is 0. The third-order valence-electron chi connectivity index (χ3n) is 4.92. The number of aryl methyl sites for hydroxylation is 1. The largest absolute Gasteiger partial charge is 0.458 e. The number of hydrogen-bond donors (Lipinski definition) is 1. The fourth-order valence-corrected chi connectivity index (χ4v) is 4.61. The molecule has 1 spiro atoms. The summed E-state index contributed by atoms with van der Waals surface area (Å²) in [4.78, 5) is 30.0. The number of nitrogens with zero attached hydrogens (tertiary/aromatic N) is 1. The number of aromatic nitrogens is 1. The molecule has 0 radical (unpaired) electrons. The van der Waals surface area contributed by atoms with Crippen LogP contribution in [0.3, 0.4) is 0 Å². The monoisotopic (exact) mass is 336 g/mol. The lowest BCUT2D eigenvalue weighted by atomic mass is 9.85. The Bertz CT molecular complexity index is 617. The maximum Gasteiger partial charge on any atom is 0.307 e. The van der Waals surface area contributed by atoms with Crippen LogP contribution >= 0.6 is 11.3 Å². The number of carbonyl (C=O) groups excluding carboxylic acids is 2. The van der Waals surface area contributed by atoms with E-state index in [-0.39, 0.29) is 24.2 Å². The molecule has 0 bridgehead atoms. The third-order valence-corrected chi connectivity index (χ3v) is 6.37. The van der Waals surface area contributed by atoms with E-state index in [9.17, 15) is 9.59 Å². The number of rotatable bonds is 4. The molecular formula is C17H24N2O3S. The molecule has 1 aromatic rings. The van der Waals surface area contributed by atoms with Gasteiger partial charge in [0.1, 0.15) is 5.60 Å². The van der Waals surface area contributed by atoms with Crippen molar-refractivity contribution in [1.82, 2.24) is 10.3 Å². The Morgan fingerprint density at radius 2 is 2.13 bits per heavy atom. The Morgan fingerprint density at radius 1 is 1.43 bits per heavy atom. The smallest absolute Gasteiger partial charge is 0.307 e. The van der Waals surface area contributed by atoms with Crippen LogP contribution in [0.4, 0.5) is 0 Å². The van der Waals surface area contributed by atoms with Crippen molar-refractivity contribution < 1.29 is 14.3 Å². The first-order valence-electron chi connectivity index (χ1n) is 8.37. The van der Waals surface area contributed by atoms with Gasteiger partial charge in [-0.05, 0) is 32.6 Å². The number of ether oxygens (including phenoxy) is 1. The molecule has 3 rings (SSSR count). The van der Waals surface area contributed by atoms with Gasteiger partial charge in [-0.3, -0.25) is 9.59 Å². The zero-order valence-corrected chi connectivity index (χ0v) is 14.8. The molecule has 1 atom stereocenters. The van der Waals surface area contributed by atoms with Crippen molar-refractivity contribution in [3.8, 4) is 0 Å². The molecule has 0 unspecified atom stereocenters. The summed E-state index contributed by atoms with van der Waals surface area (Å²) < 4.78 is 5.55. The summed E-state index contributed by atoms with van der Waals surface area (Å²) in [6, 6.07) is 0. The first-order valence-corrected chi connectivity index (χ1v) is 9.19. The second-order valence-electron chi connectivity index (χ2n) is 6.94. The van der Waals surface area contributed by atoms with Crippen LogP contribution in [0.15, 0.2) is 0 Å². The van der Waals surface area contributed by atoms with Gasteiger partial charge in [-0.15, -0.1) is 11.3 Å². The summed E-state index contributed by atoms with van der Waals surface area (Å²) in [5.41, 5.74) is 0.445. The van der Waals surface area contributed by atoms with Gasteiger partial charge in [0.05, 0.1) is 29.6 Å².